The minimum atomic E-state index is 0.408. The van der Waals surface area contributed by atoms with Gasteiger partial charge in [0.15, 0.2) is 0 Å². The number of thiophene rings is 1. The molecule has 0 fully saturated rings. The molecule has 0 radical (unpaired) electrons. The molecule has 0 spiro atoms. The van der Waals surface area contributed by atoms with E-state index in [4.69, 9.17) is 4.74 Å². The van der Waals surface area contributed by atoms with Crippen LogP contribution in [0.3, 0.4) is 0 Å². The fraction of sp³-hybridized carbons (Fsp3) is 0.500. The Balaban J connectivity index is 1.90. The van der Waals surface area contributed by atoms with Gasteiger partial charge < -0.3 is 14.6 Å². The van der Waals surface area contributed by atoms with Crippen LogP contribution in [0.1, 0.15) is 24.3 Å². The molecule has 2 heterocycles. The van der Waals surface area contributed by atoms with E-state index < -0.39 is 0 Å². The highest BCUT2D eigenvalue weighted by Gasteiger charge is 2.10. The maximum atomic E-state index is 5.04. The van der Waals surface area contributed by atoms with E-state index in [1.54, 1.807) is 7.11 Å². The highest BCUT2D eigenvalue weighted by atomic mass is 32.1. The summed E-state index contributed by atoms with van der Waals surface area (Å²) in [5, 5.41) is 5.49. The van der Waals surface area contributed by atoms with Crippen LogP contribution in [-0.4, -0.2) is 29.8 Å². The first-order chi connectivity index (χ1) is 9.31. The average molecular weight is 279 g/mol. The minimum absolute atomic E-state index is 0.408. The Bertz CT molecular complexity index is 467. The third-order valence-electron chi connectivity index (χ3n) is 3.03. The molecular weight excluding hydrogens is 258 g/mol. The van der Waals surface area contributed by atoms with E-state index >= 15 is 0 Å². The van der Waals surface area contributed by atoms with Gasteiger partial charge >= 0.3 is 0 Å². The van der Waals surface area contributed by atoms with Crippen LogP contribution in [0.5, 0.6) is 0 Å². The predicted octanol–water partition coefficient (Wildman–Crippen LogP) is 3.20. The number of imidazole rings is 1. The molecule has 0 aliphatic heterocycles. The normalized spacial score (nSPS) is 12.5. The van der Waals surface area contributed by atoms with Gasteiger partial charge in [0.05, 0.1) is 0 Å². The Morgan fingerprint density at radius 1 is 1.53 bits per heavy atom. The summed E-state index contributed by atoms with van der Waals surface area (Å²) in [4.78, 5) is 5.79. The Hall–Kier alpha value is -1.33. The summed E-state index contributed by atoms with van der Waals surface area (Å²) in [6.45, 7) is 3.89. The zero-order valence-electron chi connectivity index (χ0n) is 11.5. The standard InChI is InChI=1S/C14H21N3OS/c1-12(11-13-5-3-10-19-13)17-8-7-16-14(17)15-6-4-9-18-2/h3,5,7-8,10,12H,4,6,9,11H2,1-2H3,(H,15,16). The molecule has 2 aromatic rings. The summed E-state index contributed by atoms with van der Waals surface area (Å²) < 4.78 is 7.24. The van der Waals surface area contributed by atoms with Crippen molar-refractivity contribution in [3.8, 4) is 0 Å². The van der Waals surface area contributed by atoms with Crippen molar-refractivity contribution in [1.82, 2.24) is 9.55 Å². The number of hydrogen-bond acceptors (Lipinski definition) is 4. The summed E-state index contributed by atoms with van der Waals surface area (Å²) in [5.41, 5.74) is 0. The third kappa shape index (κ3) is 4.08. The van der Waals surface area contributed by atoms with Crippen LogP contribution in [0, 0.1) is 0 Å². The van der Waals surface area contributed by atoms with Crippen molar-refractivity contribution in [2.75, 3.05) is 25.6 Å². The zero-order chi connectivity index (χ0) is 13.5. The van der Waals surface area contributed by atoms with Gasteiger partial charge in [0.1, 0.15) is 0 Å². The number of ether oxygens (including phenoxy) is 1. The molecule has 0 aliphatic carbocycles. The first kappa shape index (κ1) is 14.1. The molecule has 19 heavy (non-hydrogen) atoms. The fourth-order valence-corrected chi connectivity index (χ4v) is 2.87. The molecular formula is C14H21N3OS. The molecule has 0 aliphatic rings. The SMILES string of the molecule is COCCCNc1nccn1C(C)Cc1cccs1. The molecule has 0 bridgehead atoms. The molecule has 0 aromatic carbocycles. The second-order valence-corrected chi connectivity index (χ2v) is 5.60. The Labute approximate surface area is 118 Å². The number of methoxy groups -OCH3 is 1. The van der Waals surface area contributed by atoms with Crippen LogP contribution < -0.4 is 5.32 Å². The maximum absolute atomic E-state index is 5.04. The summed E-state index contributed by atoms with van der Waals surface area (Å²) in [7, 11) is 1.73. The lowest BCUT2D eigenvalue weighted by Gasteiger charge is -2.16. The summed E-state index contributed by atoms with van der Waals surface area (Å²) >= 11 is 1.81. The molecule has 1 atom stereocenters. The number of nitrogens with one attached hydrogen (secondary N) is 1. The predicted molar refractivity (Wildman–Crippen MR) is 79.9 cm³/mol. The van der Waals surface area contributed by atoms with Crippen molar-refractivity contribution in [2.45, 2.75) is 25.8 Å². The van der Waals surface area contributed by atoms with E-state index in [0.717, 1.165) is 31.9 Å². The van der Waals surface area contributed by atoms with Crippen LogP contribution >= 0.6 is 11.3 Å². The minimum Gasteiger partial charge on any atom is -0.385 e. The van der Waals surface area contributed by atoms with Crippen molar-refractivity contribution < 1.29 is 4.74 Å². The van der Waals surface area contributed by atoms with Crippen LogP contribution in [-0.2, 0) is 11.2 Å². The summed E-state index contributed by atoms with van der Waals surface area (Å²) in [6, 6.07) is 4.69. The van der Waals surface area contributed by atoms with E-state index in [2.05, 4.69) is 39.3 Å². The van der Waals surface area contributed by atoms with Gasteiger partial charge in [-0.2, -0.15) is 0 Å². The molecule has 2 aromatic heterocycles. The number of nitrogens with zero attached hydrogens (tertiary/aromatic N) is 2. The van der Waals surface area contributed by atoms with Crippen molar-refractivity contribution >= 4 is 17.3 Å². The lowest BCUT2D eigenvalue weighted by atomic mass is 10.2. The van der Waals surface area contributed by atoms with E-state index in [1.165, 1.54) is 4.88 Å². The van der Waals surface area contributed by atoms with Crippen molar-refractivity contribution in [3.05, 3.63) is 34.8 Å². The highest BCUT2D eigenvalue weighted by molar-refractivity contribution is 7.09. The van der Waals surface area contributed by atoms with Gasteiger partial charge in [-0.3, -0.25) is 0 Å². The number of hydrogen-bond donors (Lipinski definition) is 1. The van der Waals surface area contributed by atoms with E-state index in [9.17, 15) is 0 Å². The second-order valence-electron chi connectivity index (χ2n) is 4.56. The largest absolute Gasteiger partial charge is 0.385 e. The highest BCUT2D eigenvalue weighted by Crippen LogP contribution is 2.20. The average Bonchev–Trinajstić information content (AvgIpc) is 3.05. The summed E-state index contributed by atoms with van der Waals surface area (Å²) in [6.07, 6.45) is 5.92. The van der Waals surface area contributed by atoms with E-state index in [0.29, 0.717) is 6.04 Å². The van der Waals surface area contributed by atoms with Crippen molar-refractivity contribution in [1.29, 1.82) is 0 Å². The van der Waals surface area contributed by atoms with E-state index in [-0.39, 0.29) is 0 Å². The van der Waals surface area contributed by atoms with Crippen LogP contribution in [0.4, 0.5) is 5.95 Å². The number of aromatic nitrogens is 2. The number of anilines is 1. The zero-order valence-corrected chi connectivity index (χ0v) is 12.3. The van der Waals surface area contributed by atoms with Crippen LogP contribution in [0.15, 0.2) is 29.9 Å². The van der Waals surface area contributed by atoms with Crippen LogP contribution in [0.25, 0.3) is 0 Å². The van der Waals surface area contributed by atoms with Gasteiger partial charge in [-0.05, 0) is 24.8 Å². The monoisotopic (exact) mass is 279 g/mol. The van der Waals surface area contributed by atoms with Gasteiger partial charge in [-0.15, -0.1) is 11.3 Å². The summed E-state index contributed by atoms with van der Waals surface area (Å²) in [5.74, 6) is 0.945. The van der Waals surface area contributed by atoms with Gasteiger partial charge in [0, 0.05) is 50.0 Å². The third-order valence-corrected chi connectivity index (χ3v) is 3.93. The van der Waals surface area contributed by atoms with Gasteiger partial charge in [-0.25, -0.2) is 4.98 Å². The second kappa shape index (κ2) is 7.31. The molecule has 1 unspecified atom stereocenters. The molecule has 0 saturated carbocycles. The maximum Gasteiger partial charge on any atom is 0.203 e. The first-order valence-corrected chi connectivity index (χ1v) is 7.47. The topological polar surface area (TPSA) is 39.1 Å². The van der Waals surface area contributed by atoms with Crippen LogP contribution in [0.2, 0.25) is 0 Å². The van der Waals surface area contributed by atoms with E-state index in [1.807, 2.05) is 23.7 Å². The fourth-order valence-electron chi connectivity index (χ4n) is 2.04. The van der Waals surface area contributed by atoms with Gasteiger partial charge in [-0.1, -0.05) is 6.07 Å². The Morgan fingerprint density at radius 3 is 3.16 bits per heavy atom. The lowest BCUT2D eigenvalue weighted by Crippen LogP contribution is -2.14. The molecule has 4 nitrogen and oxygen atoms in total. The lowest BCUT2D eigenvalue weighted by molar-refractivity contribution is 0.197. The quantitative estimate of drug-likeness (QED) is 0.754. The smallest absolute Gasteiger partial charge is 0.203 e. The molecule has 0 amide bonds. The van der Waals surface area contributed by atoms with Gasteiger partial charge in [0.2, 0.25) is 5.95 Å². The molecule has 0 saturated heterocycles. The Morgan fingerprint density at radius 2 is 2.42 bits per heavy atom. The van der Waals surface area contributed by atoms with Crippen molar-refractivity contribution in [3.63, 3.8) is 0 Å². The number of rotatable bonds is 8. The molecule has 1 N–H and O–H groups in total. The molecule has 104 valence electrons. The van der Waals surface area contributed by atoms with Crippen molar-refractivity contribution in [2.24, 2.45) is 0 Å². The van der Waals surface area contributed by atoms with Gasteiger partial charge in [0.25, 0.3) is 0 Å². The molecule has 2 rings (SSSR count). The first-order valence-electron chi connectivity index (χ1n) is 6.59. The molecule has 5 heteroatoms. The Kier molecular flexibility index (Phi) is 5.42.